The average Bonchev–Trinajstić information content (AvgIpc) is 2.42. The Hall–Kier alpha value is -0.730. The quantitative estimate of drug-likeness (QED) is 0.698. The van der Waals surface area contributed by atoms with Crippen molar-refractivity contribution in [2.45, 2.75) is 26.3 Å². The molecule has 0 saturated heterocycles. The van der Waals surface area contributed by atoms with E-state index in [1.165, 1.54) is 0 Å². The maximum Gasteiger partial charge on any atom is 0.0595 e. The van der Waals surface area contributed by atoms with Crippen LogP contribution in [0.3, 0.4) is 0 Å². The molecule has 1 atom stereocenters. The molecule has 0 heterocycles. The van der Waals surface area contributed by atoms with Gasteiger partial charge in [0.25, 0.3) is 0 Å². The van der Waals surface area contributed by atoms with Gasteiger partial charge >= 0.3 is 0 Å². The number of benzene rings is 2. The van der Waals surface area contributed by atoms with Gasteiger partial charge in [0.1, 0.15) is 0 Å². The predicted molar refractivity (Wildman–Crippen MR) is 92.8 cm³/mol. The van der Waals surface area contributed by atoms with E-state index in [0.29, 0.717) is 10.0 Å². The second-order valence-corrected chi connectivity index (χ2v) is 6.37. The Kier molecular flexibility index (Phi) is 5.95. The topological polar surface area (TPSA) is 12.0 Å². The van der Waals surface area contributed by atoms with E-state index in [2.05, 4.69) is 18.3 Å². The van der Waals surface area contributed by atoms with Crippen LogP contribution in [0, 0.1) is 6.92 Å². The molecule has 0 aliphatic heterocycles. The van der Waals surface area contributed by atoms with Crippen molar-refractivity contribution in [1.82, 2.24) is 5.32 Å². The summed E-state index contributed by atoms with van der Waals surface area (Å²) < 4.78 is 0. The highest BCUT2D eigenvalue weighted by atomic mass is 35.5. The van der Waals surface area contributed by atoms with Crippen LogP contribution in [-0.2, 0) is 0 Å². The summed E-state index contributed by atoms with van der Waals surface area (Å²) >= 11 is 18.4. The van der Waals surface area contributed by atoms with E-state index in [9.17, 15) is 0 Å². The molecule has 0 radical (unpaired) electrons. The van der Waals surface area contributed by atoms with Gasteiger partial charge in [-0.25, -0.2) is 0 Å². The molecule has 2 aromatic carbocycles. The fourth-order valence-corrected chi connectivity index (χ4v) is 2.94. The molecular weight excluding hydrogens is 325 g/mol. The minimum absolute atomic E-state index is 0.0529. The number of nitrogens with one attached hydrogen (secondary N) is 1. The zero-order valence-electron chi connectivity index (χ0n) is 12.1. The van der Waals surface area contributed by atoms with E-state index < -0.39 is 0 Å². The van der Waals surface area contributed by atoms with E-state index >= 15 is 0 Å². The molecule has 2 aromatic rings. The number of hydrogen-bond acceptors (Lipinski definition) is 1. The van der Waals surface area contributed by atoms with Crippen LogP contribution in [0.4, 0.5) is 0 Å². The van der Waals surface area contributed by atoms with Crippen molar-refractivity contribution in [3.05, 3.63) is 68.2 Å². The molecule has 1 N–H and O–H groups in total. The zero-order valence-corrected chi connectivity index (χ0v) is 14.4. The lowest BCUT2D eigenvalue weighted by molar-refractivity contribution is 0.598. The fourth-order valence-electron chi connectivity index (χ4n) is 2.34. The van der Waals surface area contributed by atoms with Gasteiger partial charge in [-0.3, -0.25) is 0 Å². The van der Waals surface area contributed by atoms with Gasteiger partial charge in [0.15, 0.2) is 0 Å². The van der Waals surface area contributed by atoms with E-state index in [1.807, 2.05) is 37.3 Å². The van der Waals surface area contributed by atoms with Crippen molar-refractivity contribution >= 4 is 34.8 Å². The highest BCUT2D eigenvalue weighted by Gasteiger charge is 2.15. The molecule has 0 amide bonds. The van der Waals surface area contributed by atoms with Crippen molar-refractivity contribution in [1.29, 1.82) is 0 Å². The van der Waals surface area contributed by atoms with Crippen LogP contribution < -0.4 is 5.32 Å². The van der Waals surface area contributed by atoms with Crippen molar-refractivity contribution in [2.75, 3.05) is 6.54 Å². The Morgan fingerprint density at radius 2 is 1.71 bits per heavy atom. The first-order valence-electron chi connectivity index (χ1n) is 6.96. The molecule has 0 fully saturated rings. The molecule has 0 aliphatic carbocycles. The maximum absolute atomic E-state index is 6.20. The van der Waals surface area contributed by atoms with Gasteiger partial charge in [0, 0.05) is 5.02 Å². The van der Waals surface area contributed by atoms with Crippen LogP contribution in [0.25, 0.3) is 0 Å². The predicted octanol–water partition coefficient (Wildman–Crippen LogP) is 6.04. The van der Waals surface area contributed by atoms with Gasteiger partial charge in [-0.2, -0.15) is 0 Å². The van der Waals surface area contributed by atoms with Gasteiger partial charge in [-0.15, -0.1) is 0 Å². The molecule has 0 saturated carbocycles. The van der Waals surface area contributed by atoms with E-state index in [-0.39, 0.29) is 6.04 Å². The van der Waals surface area contributed by atoms with Crippen molar-refractivity contribution in [3.8, 4) is 0 Å². The van der Waals surface area contributed by atoms with Gasteiger partial charge in [-0.1, -0.05) is 53.9 Å². The molecule has 112 valence electrons. The Balaban J connectivity index is 2.43. The summed E-state index contributed by atoms with van der Waals surface area (Å²) in [7, 11) is 0. The highest BCUT2D eigenvalue weighted by molar-refractivity contribution is 6.42. The molecule has 1 unspecified atom stereocenters. The zero-order chi connectivity index (χ0) is 15.4. The minimum Gasteiger partial charge on any atom is -0.306 e. The van der Waals surface area contributed by atoms with Gasteiger partial charge in [-0.05, 0) is 60.8 Å². The lowest BCUT2D eigenvalue weighted by atomic mass is 9.97. The molecular formula is C17H18Cl3N. The van der Waals surface area contributed by atoms with Crippen LogP contribution in [0.15, 0.2) is 36.4 Å². The summed E-state index contributed by atoms with van der Waals surface area (Å²) in [6.45, 7) is 5.10. The third-order valence-corrected chi connectivity index (χ3v) is 4.23. The summed E-state index contributed by atoms with van der Waals surface area (Å²) in [6.07, 6.45) is 1.05. The first-order valence-corrected chi connectivity index (χ1v) is 8.10. The Morgan fingerprint density at radius 1 is 0.952 bits per heavy atom. The minimum atomic E-state index is 0.0529. The molecule has 2 rings (SSSR count). The number of rotatable bonds is 5. The molecule has 0 spiro atoms. The first kappa shape index (κ1) is 16.6. The number of halogens is 3. The van der Waals surface area contributed by atoms with Crippen LogP contribution in [0.5, 0.6) is 0 Å². The molecule has 21 heavy (non-hydrogen) atoms. The van der Waals surface area contributed by atoms with Crippen LogP contribution in [-0.4, -0.2) is 6.54 Å². The standard InChI is InChI=1S/C17H18Cl3N/c1-3-6-21-17(12-4-5-15(19)16(20)10-12)13-7-11(2)8-14(18)9-13/h4-5,7-10,17,21H,3,6H2,1-2H3. The van der Waals surface area contributed by atoms with Crippen molar-refractivity contribution in [3.63, 3.8) is 0 Å². The summed E-state index contributed by atoms with van der Waals surface area (Å²) in [5.74, 6) is 0. The summed E-state index contributed by atoms with van der Waals surface area (Å²) in [6, 6.07) is 11.9. The van der Waals surface area contributed by atoms with E-state index in [4.69, 9.17) is 34.8 Å². The van der Waals surface area contributed by atoms with Crippen molar-refractivity contribution in [2.24, 2.45) is 0 Å². The van der Waals surface area contributed by atoms with E-state index in [0.717, 1.165) is 34.7 Å². The first-order chi connectivity index (χ1) is 10.0. The highest BCUT2D eigenvalue weighted by Crippen LogP contribution is 2.30. The molecule has 0 aliphatic rings. The van der Waals surface area contributed by atoms with Crippen molar-refractivity contribution < 1.29 is 0 Å². The summed E-state index contributed by atoms with van der Waals surface area (Å²) in [4.78, 5) is 0. The average molecular weight is 343 g/mol. The molecule has 0 aromatic heterocycles. The Bertz CT molecular complexity index is 605. The Labute approximate surface area is 141 Å². The van der Waals surface area contributed by atoms with Crippen LogP contribution in [0.2, 0.25) is 15.1 Å². The monoisotopic (exact) mass is 341 g/mol. The van der Waals surface area contributed by atoms with Gasteiger partial charge in [0.05, 0.1) is 16.1 Å². The maximum atomic E-state index is 6.20. The normalized spacial score (nSPS) is 12.4. The second kappa shape index (κ2) is 7.51. The van der Waals surface area contributed by atoms with Gasteiger partial charge < -0.3 is 5.32 Å². The SMILES string of the molecule is CCCNC(c1cc(C)cc(Cl)c1)c1ccc(Cl)c(Cl)c1. The third-order valence-electron chi connectivity index (χ3n) is 3.27. The Morgan fingerprint density at radius 3 is 2.33 bits per heavy atom. The molecule has 4 heteroatoms. The fraction of sp³-hybridized carbons (Fsp3) is 0.294. The van der Waals surface area contributed by atoms with Gasteiger partial charge in [0.2, 0.25) is 0 Å². The molecule has 1 nitrogen and oxygen atoms in total. The smallest absolute Gasteiger partial charge is 0.0595 e. The van der Waals surface area contributed by atoms with Crippen LogP contribution in [0.1, 0.15) is 36.1 Å². The van der Waals surface area contributed by atoms with E-state index in [1.54, 1.807) is 0 Å². The third kappa shape index (κ3) is 4.37. The summed E-state index contributed by atoms with van der Waals surface area (Å²) in [5, 5.41) is 5.42. The van der Waals surface area contributed by atoms with Crippen LogP contribution >= 0.6 is 34.8 Å². The summed E-state index contributed by atoms with van der Waals surface area (Å²) in [5.41, 5.74) is 3.35. The number of aryl methyl sites for hydroxylation is 1. The largest absolute Gasteiger partial charge is 0.306 e. The lowest BCUT2D eigenvalue weighted by Crippen LogP contribution is -2.23. The molecule has 0 bridgehead atoms. The second-order valence-electron chi connectivity index (χ2n) is 5.12. The number of hydrogen-bond donors (Lipinski definition) is 1. The lowest BCUT2D eigenvalue weighted by Gasteiger charge is -2.21.